The molecule has 1 aliphatic rings. The number of esters is 1. The van der Waals surface area contributed by atoms with Gasteiger partial charge in [0, 0.05) is 35.4 Å². The molecule has 0 radical (unpaired) electrons. The lowest BCUT2D eigenvalue weighted by Crippen LogP contribution is -2.15. The van der Waals surface area contributed by atoms with E-state index in [9.17, 15) is 4.79 Å². The number of benzene rings is 2. The standard InChI is InChI=1S/C18H17Cl2NO4/c1-23-16-6-10(4-5-11(16)18(22)25-3)21-8-12-13(9-21)17(24-2)15(20)7-14(12)19/h4-7H,8-9H2,1-3H3. The minimum atomic E-state index is -0.440. The number of hydrogen-bond acceptors (Lipinski definition) is 5. The molecule has 25 heavy (non-hydrogen) atoms. The summed E-state index contributed by atoms with van der Waals surface area (Å²) in [5.74, 6) is 0.655. The highest BCUT2D eigenvalue weighted by molar-refractivity contribution is 6.36. The van der Waals surface area contributed by atoms with E-state index in [1.54, 1.807) is 25.3 Å². The van der Waals surface area contributed by atoms with Crippen LogP contribution in [0, 0.1) is 0 Å². The summed E-state index contributed by atoms with van der Waals surface area (Å²) in [6, 6.07) is 7.04. The molecule has 0 N–H and O–H groups in total. The van der Waals surface area contributed by atoms with E-state index in [4.69, 9.17) is 37.4 Å². The molecule has 0 bridgehead atoms. The Morgan fingerprint density at radius 1 is 1.00 bits per heavy atom. The number of anilines is 1. The van der Waals surface area contributed by atoms with E-state index in [2.05, 4.69) is 4.90 Å². The monoisotopic (exact) mass is 381 g/mol. The van der Waals surface area contributed by atoms with Crippen molar-refractivity contribution in [2.75, 3.05) is 26.2 Å². The minimum absolute atomic E-state index is 0.379. The molecule has 5 nitrogen and oxygen atoms in total. The molecule has 3 rings (SSSR count). The molecular weight excluding hydrogens is 365 g/mol. The predicted octanol–water partition coefficient (Wildman–Crippen LogP) is 4.32. The maximum Gasteiger partial charge on any atom is 0.341 e. The maximum atomic E-state index is 11.8. The van der Waals surface area contributed by atoms with E-state index in [1.165, 1.54) is 14.2 Å². The summed E-state index contributed by atoms with van der Waals surface area (Å²) in [5, 5.41) is 1.10. The Kier molecular flexibility index (Phi) is 4.97. The van der Waals surface area contributed by atoms with Crippen LogP contribution in [0.25, 0.3) is 0 Å². The smallest absolute Gasteiger partial charge is 0.341 e. The second kappa shape index (κ2) is 7.02. The number of carbonyl (C=O) groups is 1. The molecule has 0 saturated heterocycles. The van der Waals surface area contributed by atoms with Crippen molar-refractivity contribution in [3.63, 3.8) is 0 Å². The first kappa shape index (κ1) is 17.7. The Morgan fingerprint density at radius 2 is 1.72 bits per heavy atom. The molecule has 0 aromatic heterocycles. The highest BCUT2D eigenvalue weighted by Crippen LogP contribution is 2.42. The number of hydrogen-bond donors (Lipinski definition) is 0. The second-order valence-electron chi connectivity index (χ2n) is 5.56. The van der Waals surface area contributed by atoms with Gasteiger partial charge in [0.2, 0.25) is 0 Å². The fraction of sp³-hybridized carbons (Fsp3) is 0.278. The molecule has 1 heterocycles. The Hall–Kier alpha value is -2.11. The number of ether oxygens (including phenoxy) is 3. The molecular formula is C18H17Cl2NO4. The van der Waals surface area contributed by atoms with Gasteiger partial charge >= 0.3 is 5.97 Å². The van der Waals surface area contributed by atoms with Crippen molar-refractivity contribution < 1.29 is 19.0 Å². The zero-order valence-corrected chi connectivity index (χ0v) is 15.6. The molecule has 7 heteroatoms. The lowest BCUT2D eigenvalue weighted by Gasteiger charge is -2.19. The molecule has 1 aliphatic heterocycles. The molecule has 2 aromatic rings. The third-order valence-electron chi connectivity index (χ3n) is 4.25. The van der Waals surface area contributed by atoms with Crippen molar-refractivity contribution in [1.82, 2.24) is 0 Å². The van der Waals surface area contributed by atoms with Crippen molar-refractivity contribution in [3.05, 3.63) is 51.0 Å². The first-order chi connectivity index (χ1) is 12.0. The van der Waals surface area contributed by atoms with Gasteiger partial charge in [-0.1, -0.05) is 23.2 Å². The average molecular weight is 382 g/mol. The fourth-order valence-corrected chi connectivity index (χ4v) is 3.66. The highest BCUT2D eigenvalue weighted by Gasteiger charge is 2.28. The molecule has 0 atom stereocenters. The summed E-state index contributed by atoms with van der Waals surface area (Å²) in [6.45, 7) is 1.21. The summed E-state index contributed by atoms with van der Waals surface area (Å²) in [5.41, 5.74) is 3.23. The number of nitrogens with zero attached hydrogens (tertiary/aromatic N) is 1. The van der Waals surface area contributed by atoms with E-state index < -0.39 is 5.97 Å². The van der Waals surface area contributed by atoms with Gasteiger partial charge in [-0.25, -0.2) is 4.79 Å². The van der Waals surface area contributed by atoms with Crippen molar-refractivity contribution in [2.24, 2.45) is 0 Å². The molecule has 0 unspecified atom stereocenters. The normalized spacial score (nSPS) is 12.8. The minimum Gasteiger partial charge on any atom is -0.496 e. The van der Waals surface area contributed by atoms with E-state index in [-0.39, 0.29) is 0 Å². The molecule has 2 aromatic carbocycles. The third-order valence-corrected chi connectivity index (χ3v) is 4.87. The van der Waals surface area contributed by atoms with Gasteiger partial charge in [-0.15, -0.1) is 0 Å². The summed E-state index contributed by atoms with van der Waals surface area (Å²) < 4.78 is 15.5. The van der Waals surface area contributed by atoms with Crippen molar-refractivity contribution in [1.29, 1.82) is 0 Å². The summed E-state index contributed by atoms with van der Waals surface area (Å²) in [6.07, 6.45) is 0. The Morgan fingerprint density at radius 3 is 2.36 bits per heavy atom. The second-order valence-corrected chi connectivity index (χ2v) is 6.38. The zero-order valence-electron chi connectivity index (χ0n) is 14.1. The summed E-state index contributed by atoms with van der Waals surface area (Å²) >= 11 is 12.6. The van der Waals surface area contributed by atoms with Crippen molar-refractivity contribution in [3.8, 4) is 11.5 Å². The van der Waals surface area contributed by atoms with Crippen LogP contribution in [0.5, 0.6) is 11.5 Å². The van der Waals surface area contributed by atoms with Crippen LogP contribution in [0.3, 0.4) is 0 Å². The van der Waals surface area contributed by atoms with E-state index in [0.29, 0.717) is 40.2 Å². The summed E-state index contributed by atoms with van der Waals surface area (Å²) in [4.78, 5) is 13.9. The largest absolute Gasteiger partial charge is 0.496 e. The molecule has 132 valence electrons. The molecule has 0 spiro atoms. The van der Waals surface area contributed by atoms with Gasteiger partial charge in [-0.2, -0.15) is 0 Å². The Balaban J connectivity index is 1.97. The van der Waals surface area contributed by atoms with E-state index >= 15 is 0 Å². The average Bonchev–Trinajstić information content (AvgIpc) is 3.06. The first-order valence-corrected chi connectivity index (χ1v) is 8.30. The lowest BCUT2D eigenvalue weighted by atomic mass is 10.1. The van der Waals surface area contributed by atoms with Gasteiger partial charge < -0.3 is 19.1 Å². The molecule has 0 saturated carbocycles. The van der Waals surface area contributed by atoms with Crippen LogP contribution in [-0.4, -0.2) is 27.3 Å². The van der Waals surface area contributed by atoms with Gasteiger partial charge in [0.25, 0.3) is 0 Å². The number of fused-ring (bicyclic) bond motifs is 1. The molecule has 0 fully saturated rings. The highest BCUT2D eigenvalue weighted by atomic mass is 35.5. The van der Waals surface area contributed by atoms with Gasteiger partial charge in [0.05, 0.1) is 26.4 Å². The van der Waals surface area contributed by atoms with Crippen molar-refractivity contribution >= 4 is 34.9 Å². The van der Waals surface area contributed by atoms with Crippen molar-refractivity contribution in [2.45, 2.75) is 13.1 Å². The van der Waals surface area contributed by atoms with Gasteiger partial charge in [0.1, 0.15) is 17.1 Å². The van der Waals surface area contributed by atoms with Gasteiger partial charge in [-0.05, 0) is 23.8 Å². The number of rotatable bonds is 4. The number of methoxy groups -OCH3 is 3. The SMILES string of the molecule is COC(=O)c1ccc(N2Cc3c(Cl)cc(Cl)c(OC)c3C2)cc1OC. The van der Waals surface area contributed by atoms with Gasteiger partial charge in [0.15, 0.2) is 0 Å². The van der Waals surface area contributed by atoms with Crippen LogP contribution in [0.1, 0.15) is 21.5 Å². The quantitative estimate of drug-likeness (QED) is 0.738. The number of halogens is 2. The number of carbonyl (C=O) groups excluding carboxylic acids is 1. The fourth-order valence-electron chi connectivity index (χ4n) is 3.02. The van der Waals surface area contributed by atoms with E-state index in [1.807, 2.05) is 6.07 Å². The van der Waals surface area contributed by atoms with Crippen LogP contribution < -0.4 is 14.4 Å². The Bertz CT molecular complexity index is 838. The maximum absolute atomic E-state index is 11.8. The summed E-state index contributed by atoms with van der Waals surface area (Å²) in [7, 11) is 4.45. The van der Waals surface area contributed by atoms with E-state index in [0.717, 1.165) is 16.8 Å². The Labute approximate surface area is 156 Å². The van der Waals surface area contributed by atoms with Crippen LogP contribution in [0.15, 0.2) is 24.3 Å². The molecule has 0 aliphatic carbocycles. The predicted molar refractivity (Wildman–Crippen MR) is 97.2 cm³/mol. The molecule has 0 amide bonds. The topological polar surface area (TPSA) is 48.0 Å². The van der Waals surface area contributed by atoms with Gasteiger partial charge in [-0.3, -0.25) is 0 Å². The zero-order chi connectivity index (χ0) is 18.1. The third kappa shape index (κ3) is 3.10. The van der Waals surface area contributed by atoms with Crippen LogP contribution in [-0.2, 0) is 17.8 Å². The van der Waals surface area contributed by atoms with Crippen LogP contribution in [0.4, 0.5) is 5.69 Å². The van der Waals surface area contributed by atoms with Crippen LogP contribution in [0.2, 0.25) is 10.0 Å². The first-order valence-electron chi connectivity index (χ1n) is 7.55. The lowest BCUT2D eigenvalue weighted by molar-refractivity contribution is 0.0597. The van der Waals surface area contributed by atoms with Crippen LogP contribution >= 0.6 is 23.2 Å².